The topological polar surface area (TPSA) is 78.1 Å². The van der Waals surface area contributed by atoms with Crippen molar-refractivity contribution < 1.29 is 4.79 Å². The molecule has 6 nitrogen and oxygen atoms in total. The fraction of sp³-hybridized carbons (Fsp3) is 0.400. The van der Waals surface area contributed by atoms with Crippen LogP contribution in [0.5, 0.6) is 0 Å². The number of carbonyl (C=O) groups excluding carboxylic acids is 1. The molecule has 6 heteroatoms. The molecule has 1 heterocycles. The number of aromatic amines is 1. The second-order valence-electron chi connectivity index (χ2n) is 9.04. The van der Waals surface area contributed by atoms with Crippen molar-refractivity contribution in [3.05, 3.63) is 70.3 Å². The number of hydrogen-bond donors (Lipinski definition) is 2. The van der Waals surface area contributed by atoms with E-state index in [2.05, 4.69) is 49.9 Å². The highest BCUT2D eigenvalue weighted by Crippen LogP contribution is 2.29. The molecule has 3 aromatic rings. The molecule has 3 rings (SSSR count). The summed E-state index contributed by atoms with van der Waals surface area (Å²) in [4.78, 5) is 34.9. The Bertz CT molecular complexity index is 1110. The van der Waals surface area contributed by atoms with Gasteiger partial charge in [0.05, 0.1) is 24.0 Å². The monoisotopic (exact) mass is 420 g/mol. The number of benzene rings is 2. The zero-order chi connectivity index (χ0) is 22.6. The second-order valence-corrected chi connectivity index (χ2v) is 9.04. The number of para-hydroxylation sites is 2. The quantitative estimate of drug-likeness (QED) is 0.592. The Labute approximate surface area is 183 Å². The van der Waals surface area contributed by atoms with Crippen LogP contribution in [0.25, 0.3) is 10.9 Å². The van der Waals surface area contributed by atoms with Crippen LogP contribution >= 0.6 is 0 Å². The van der Waals surface area contributed by atoms with Gasteiger partial charge in [-0.05, 0) is 42.5 Å². The summed E-state index contributed by atoms with van der Waals surface area (Å²) in [6, 6.07) is 15.3. The Kier molecular flexibility index (Phi) is 6.91. The summed E-state index contributed by atoms with van der Waals surface area (Å²) in [7, 11) is 0. The maximum absolute atomic E-state index is 12.9. The number of nitrogens with one attached hydrogen (secondary N) is 2. The fourth-order valence-electron chi connectivity index (χ4n) is 3.65. The molecule has 31 heavy (non-hydrogen) atoms. The van der Waals surface area contributed by atoms with E-state index in [1.807, 2.05) is 47.4 Å². The van der Waals surface area contributed by atoms with Gasteiger partial charge in [-0.2, -0.15) is 0 Å². The van der Waals surface area contributed by atoms with Crippen LogP contribution in [0.4, 0.5) is 5.69 Å². The van der Waals surface area contributed by atoms with Gasteiger partial charge in [0.25, 0.3) is 5.56 Å². The highest BCUT2D eigenvalue weighted by Gasteiger charge is 2.21. The largest absolute Gasteiger partial charge is 0.325 e. The third-order valence-corrected chi connectivity index (χ3v) is 5.58. The van der Waals surface area contributed by atoms with Gasteiger partial charge in [-0.15, -0.1) is 0 Å². The molecule has 1 aromatic heterocycles. The molecule has 2 aromatic carbocycles. The lowest BCUT2D eigenvalue weighted by Gasteiger charge is -2.28. The van der Waals surface area contributed by atoms with Gasteiger partial charge in [-0.1, -0.05) is 58.0 Å². The Morgan fingerprint density at radius 1 is 1.13 bits per heavy atom. The predicted octanol–water partition coefficient (Wildman–Crippen LogP) is 4.46. The number of carbonyl (C=O) groups is 1. The van der Waals surface area contributed by atoms with Crippen molar-refractivity contribution in [2.75, 3.05) is 11.9 Å². The molecule has 2 N–H and O–H groups in total. The Hall–Kier alpha value is -2.99. The Morgan fingerprint density at radius 2 is 1.81 bits per heavy atom. The van der Waals surface area contributed by atoms with E-state index in [0.717, 1.165) is 17.7 Å². The lowest BCUT2D eigenvalue weighted by Crippen LogP contribution is -2.39. The smallest absolute Gasteiger partial charge is 0.258 e. The first-order valence-corrected chi connectivity index (χ1v) is 10.8. The third kappa shape index (κ3) is 5.58. The van der Waals surface area contributed by atoms with Gasteiger partial charge < -0.3 is 10.3 Å². The second kappa shape index (κ2) is 9.43. The van der Waals surface area contributed by atoms with E-state index in [1.54, 1.807) is 6.07 Å². The number of aromatic nitrogens is 2. The SMILES string of the molecule is CCC(C)N(CC(=O)Nc1ccccc1C(C)(C)C)Cc1nc2ccccc2c(=O)[nH]1. The van der Waals surface area contributed by atoms with Gasteiger partial charge in [0.15, 0.2) is 0 Å². The molecule has 0 aliphatic rings. The zero-order valence-corrected chi connectivity index (χ0v) is 19.0. The van der Waals surface area contributed by atoms with E-state index < -0.39 is 0 Å². The molecule has 164 valence electrons. The average molecular weight is 421 g/mol. The molecule has 1 atom stereocenters. The van der Waals surface area contributed by atoms with E-state index >= 15 is 0 Å². The molecule has 0 saturated carbocycles. The van der Waals surface area contributed by atoms with Crippen LogP contribution in [0.2, 0.25) is 0 Å². The van der Waals surface area contributed by atoms with Crippen LogP contribution in [0.15, 0.2) is 53.3 Å². The maximum atomic E-state index is 12.9. The van der Waals surface area contributed by atoms with Crippen molar-refractivity contribution >= 4 is 22.5 Å². The first-order valence-electron chi connectivity index (χ1n) is 10.8. The van der Waals surface area contributed by atoms with Crippen molar-refractivity contribution in [2.24, 2.45) is 0 Å². The van der Waals surface area contributed by atoms with Crippen molar-refractivity contribution in [1.29, 1.82) is 0 Å². The standard InChI is InChI=1S/C25H32N4O2/c1-6-17(2)29(15-22-26-20-13-9-7-11-18(20)24(31)28-22)16-23(30)27-21-14-10-8-12-19(21)25(3,4)5/h7-14,17H,6,15-16H2,1-5H3,(H,27,30)(H,26,28,31). The van der Waals surface area contributed by atoms with E-state index in [9.17, 15) is 9.59 Å². The first-order chi connectivity index (χ1) is 14.7. The van der Waals surface area contributed by atoms with Crippen LogP contribution in [-0.2, 0) is 16.8 Å². The van der Waals surface area contributed by atoms with Crippen molar-refractivity contribution in [2.45, 2.75) is 59.0 Å². The molecule has 0 spiro atoms. The lowest BCUT2D eigenvalue weighted by atomic mass is 9.86. The fourth-order valence-corrected chi connectivity index (χ4v) is 3.65. The van der Waals surface area contributed by atoms with Crippen molar-refractivity contribution in [3.63, 3.8) is 0 Å². The van der Waals surface area contributed by atoms with E-state index in [1.165, 1.54) is 0 Å². The Balaban J connectivity index is 1.80. The van der Waals surface area contributed by atoms with Crippen LogP contribution in [0.1, 0.15) is 52.4 Å². The number of hydrogen-bond acceptors (Lipinski definition) is 4. The predicted molar refractivity (Wildman–Crippen MR) is 126 cm³/mol. The molecule has 0 radical (unpaired) electrons. The van der Waals surface area contributed by atoms with E-state index in [0.29, 0.717) is 23.3 Å². The third-order valence-electron chi connectivity index (χ3n) is 5.58. The molecule has 0 bridgehead atoms. The van der Waals surface area contributed by atoms with Crippen LogP contribution < -0.4 is 10.9 Å². The highest BCUT2D eigenvalue weighted by molar-refractivity contribution is 5.93. The van der Waals surface area contributed by atoms with Gasteiger partial charge in [0, 0.05) is 11.7 Å². The van der Waals surface area contributed by atoms with Crippen LogP contribution in [-0.4, -0.2) is 33.4 Å². The number of rotatable bonds is 7. The Morgan fingerprint density at radius 3 is 2.52 bits per heavy atom. The van der Waals surface area contributed by atoms with Crippen LogP contribution in [0.3, 0.4) is 0 Å². The number of H-pyrrole nitrogens is 1. The molecular weight excluding hydrogens is 388 g/mol. The lowest BCUT2D eigenvalue weighted by molar-refractivity contribution is -0.118. The zero-order valence-electron chi connectivity index (χ0n) is 19.0. The molecule has 0 saturated heterocycles. The molecule has 0 aliphatic carbocycles. The molecule has 0 fully saturated rings. The number of anilines is 1. The summed E-state index contributed by atoms with van der Waals surface area (Å²) >= 11 is 0. The van der Waals surface area contributed by atoms with E-state index in [4.69, 9.17) is 0 Å². The number of fused-ring (bicyclic) bond motifs is 1. The summed E-state index contributed by atoms with van der Waals surface area (Å²) < 4.78 is 0. The van der Waals surface area contributed by atoms with E-state index in [-0.39, 0.29) is 29.5 Å². The average Bonchev–Trinajstić information content (AvgIpc) is 2.72. The van der Waals surface area contributed by atoms with Gasteiger partial charge in [-0.3, -0.25) is 14.5 Å². The number of amides is 1. The number of nitrogens with zero attached hydrogens (tertiary/aromatic N) is 2. The van der Waals surface area contributed by atoms with Crippen LogP contribution in [0, 0.1) is 0 Å². The summed E-state index contributed by atoms with van der Waals surface area (Å²) in [5, 5.41) is 3.65. The molecule has 1 unspecified atom stereocenters. The maximum Gasteiger partial charge on any atom is 0.258 e. The first kappa shape index (κ1) is 22.7. The summed E-state index contributed by atoms with van der Waals surface area (Å²) in [5.74, 6) is 0.479. The molecule has 0 aliphatic heterocycles. The summed E-state index contributed by atoms with van der Waals surface area (Å²) in [6.45, 7) is 11.2. The minimum absolute atomic E-state index is 0.0746. The van der Waals surface area contributed by atoms with Gasteiger partial charge >= 0.3 is 0 Å². The van der Waals surface area contributed by atoms with Gasteiger partial charge in [-0.25, -0.2) is 4.98 Å². The van der Waals surface area contributed by atoms with Crippen molar-refractivity contribution in [1.82, 2.24) is 14.9 Å². The normalized spacial score (nSPS) is 12.8. The van der Waals surface area contributed by atoms with Gasteiger partial charge in [0.1, 0.15) is 5.82 Å². The van der Waals surface area contributed by atoms with Crippen molar-refractivity contribution in [3.8, 4) is 0 Å². The minimum atomic E-state index is -0.159. The molecule has 1 amide bonds. The summed E-state index contributed by atoms with van der Waals surface area (Å²) in [5.41, 5.74) is 2.36. The summed E-state index contributed by atoms with van der Waals surface area (Å²) in [6.07, 6.45) is 0.879. The van der Waals surface area contributed by atoms with Gasteiger partial charge in [0.2, 0.25) is 5.91 Å². The minimum Gasteiger partial charge on any atom is -0.325 e. The highest BCUT2D eigenvalue weighted by atomic mass is 16.2. The molecular formula is C25H32N4O2.